The smallest absolute Gasteiger partial charge is 0.0906 e. The summed E-state index contributed by atoms with van der Waals surface area (Å²) < 4.78 is 12.6. The van der Waals surface area contributed by atoms with Crippen LogP contribution in [0.25, 0.3) is 28.1 Å². The lowest BCUT2D eigenvalue weighted by molar-refractivity contribution is 0.317. The van der Waals surface area contributed by atoms with E-state index in [9.17, 15) is 4.39 Å². The number of nitrogens with one attached hydrogen (secondary N) is 1. The van der Waals surface area contributed by atoms with Crippen molar-refractivity contribution in [2.45, 2.75) is 39.0 Å². The van der Waals surface area contributed by atoms with Crippen molar-refractivity contribution < 1.29 is 4.39 Å². The number of likely N-dealkylation sites (tertiary alicyclic amines) is 1. The lowest BCUT2D eigenvalue weighted by atomic mass is 9.85. The predicted octanol–water partition coefficient (Wildman–Crippen LogP) is 8.87. The predicted molar refractivity (Wildman–Crippen MR) is 159 cm³/mol. The molecule has 6 rings (SSSR count). The van der Waals surface area contributed by atoms with E-state index in [1.54, 1.807) is 0 Å². The number of hydrogen-bond donors (Lipinski definition) is 1. The Balaban J connectivity index is 1.44. The van der Waals surface area contributed by atoms with E-state index in [1.165, 1.54) is 55.4 Å². The molecule has 1 aromatic heterocycles. The number of alkyl halides is 1. The van der Waals surface area contributed by atoms with Crippen molar-refractivity contribution in [2.24, 2.45) is 0 Å². The van der Waals surface area contributed by atoms with Gasteiger partial charge in [-0.1, -0.05) is 65.7 Å². The quantitative estimate of drug-likeness (QED) is 0.267. The first-order valence-corrected chi connectivity index (χ1v) is 14.2. The van der Waals surface area contributed by atoms with Crippen LogP contribution in [0.5, 0.6) is 0 Å². The van der Waals surface area contributed by atoms with Crippen LogP contribution in [0.4, 0.5) is 4.39 Å². The van der Waals surface area contributed by atoms with Crippen molar-refractivity contribution >= 4 is 39.7 Å². The van der Waals surface area contributed by atoms with E-state index in [2.05, 4.69) is 77.5 Å². The summed E-state index contributed by atoms with van der Waals surface area (Å²) in [7, 11) is 0. The number of nitrogens with zero attached hydrogens (tertiary/aromatic N) is 1. The van der Waals surface area contributed by atoms with Gasteiger partial charge < -0.3 is 4.98 Å². The molecule has 1 aliphatic carbocycles. The van der Waals surface area contributed by atoms with E-state index in [0.29, 0.717) is 6.42 Å². The molecule has 2 aliphatic rings. The standard InChI is InChI=1S/C34H34ClFN2/c1-23-27(5-3-8-32(23)35)30-7-2-6-28-29-15-18-37-33(29)14-13-31(28)34(30)26-11-9-24(10-12-26)21-25-16-20-38(22-25)19-4-17-36/h3,5,8-15,18,21,37H,2,4,6-7,16-17,19-20,22H2,1H3. The highest BCUT2D eigenvalue weighted by molar-refractivity contribution is 6.31. The highest BCUT2D eigenvalue weighted by Crippen LogP contribution is 2.43. The number of fused-ring (bicyclic) bond motifs is 3. The molecule has 0 unspecified atom stereocenters. The van der Waals surface area contributed by atoms with Crippen LogP contribution in [0.15, 0.2) is 72.4 Å². The van der Waals surface area contributed by atoms with E-state index < -0.39 is 0 Å². The van der Waals surface area contributed by atoms with Gasteiger partial charge in [0.05, 0.1) is 6.67 Å². The number of aromatic amines is 1. The molecule has 0 amide bonds. The fourth-order valence-electron chi connectivity index (χ4n) is 6.28. The Morgan fingerprint density at radius 2 is 1.84 bits per heavy atom. The van der Waals surface area contributed by atoms with Gasteiger partial charge in [-0.05, 0) is 102 Å². The number of aryl methyl sites for hydroxylation is 1. The monoisotopic (exact) mass is 524 g/mol. The second kappa shape index (κ2) is 10.9. The molecule has 4 aromatic rings. The Bertz CT molecular complexity index is 1530. The third-order valence-corrected chi connectivity index (χ3v) is 8.63. The Kier molecular flexibility index (Phi) is 7.23. The minimum atomic E-state index is -0.234. The number of aromatic nitrogens is 1. The fourth-order valence-corrected chi connectivity index (χ4v) is 6.46. The normalized spacial score (nSPS) is 17.4. The molecule has 1 fully saturated rings. The van der Waals surface area contributed by atoms with E-state index in [4.69, 9.17) is 11.6 Å². The average molecular weight is 525 g/mol. The summed E-state index contributed by atoms with van der Waals surface area (Å²) in [5.74, 6) is 0. The number of rotatable bonds is 6. The van der Waals surface area contributed by atoms with Crippen molar-refractivity contribution in [1.29, 1.82) is 0 Å². The van der Waals surface area contributed by atoms with Gasteiger partial charge in [0.25, 0.3) is 0 Å². The van der Waals surface area contributed by atoms with Crippen molar-refractivity contribution in [1.82, 2.24) is 9.88 Å². The summed E-state index contributed by atoms with van der Waals surface area (Å²) in [6.07, 6.45) is 9.23. The minimum Gasteiger partial charge on any atom is -0.361 e. The Morgan fingerprint density at radius 1 is 0.974 bits per heavy atom. The number of benzene rings is 3. The van der Waals surface area contributed by atoms with Crippen LogP contribution in [0.2, 0.25) is 5.02 Å². The van der Waals surface area contributed by atoms with Gasteiger partial charge in [0.2, 0.25) is 0 Å². The van der Waals surface area contributed by atoms with Gasteiger partial charge in [-0.15, -0.1) is 0 Å². The maximum atomic E-state index is 12.6. The zero-order valence-corrected chi connectivity index (χ0v) is 22.8. The lowest BCUT2D eigenvalue weighted by Crippen LogP contribution is -2.20. The molecule has 38 heavy (non-hydrogen) atoms. The summed E-state index contributed by atoms with van der Waals surface area (Å²) in [5, 5.41) is 2.14. The average Bonchev–Trinajstić information content (AvgIpc) is 3.55. The van der Waals surface area contributed by atoms with Crippen molar-refractivity contribution in [2.75, 3.05) is 26.3 Å². The SMILES string of the molecule is Cc1c(Cl)cccc1C1=C(c2ccc(C=C3CCN(CCCF)C3)cc2)c2ccc3[nH]ccc3c2CCC1. The van der Waals surface area contributed by atoms with Gasteiger partial charge in [0.1, 0.15) is 0 Å². The first-order valence-electron chi connectivity index (χ1n) is 13.8. The van der Waals surface area contributed by atoms with Gasteiger partial charge in [-0.2, -0.15) is 0 Å². The number of H-pyrrole nitrogens is 1. The highest BCUT2D eigenvalue weighted by Gasteiger charge is 2.23. The van der Waals surface area contributed by atoms with Crippen LogP contribution in [-0.4, -0.2) is 36.2 Å². The van der Waals surface area contributed by atoms with Crippen molar-refractivity contribution in [3.8, 4) is 0 Å². The fraction of sp³-hybridized carbons (Fsp3) is 0.294. The van der Waals surface area contributed by atoms with E-state index in [-0.39, 0.29) is 6.67 Å². The molecule has 3 aromatic carbocycles. The van der Waals surface area contributed by atoms with E-state index >= 15 is 0 Å². The molecule has 2 heterocycles. The summed E-state index contributed by atoms with van der Waals surface area (Å²) >= 11 is 6.62. The Hall–Kier alpha value is -3.14. The first-order chi connectivity index (χ1) is 18.6. The lowest BCUT2D eigenvalue weighted by Gasteiger charge is -2.19. The third-order valence-electron chi connectivity index (χ3n) is 8.22. The first kappa shape index (κ1) is 25.2. The molecule has 194 valence electrons. The topological polar surface area (TPSA) is 19.0 Å². The molecule has 0 atom stereocenters. The minimum absolute atomic E-state index is 0.234. The third kappa shape index (κ3) is 4.86. The van der Waals surface area contributed by atoms with Crippen LogP contribution in [0, 0.1) is 6.92 Å². The maximum absolute atomic E-state index is 12.6. The van der Waals surface area contributed by atoms with Gasteiger partial charge in [-0.25, -0.2) is 0 Å². The molecular formula is C34H34ClFN2. The zero-order chi connectivity index (χ0) is 26.1. The summed E-state index contributed by atoms with van der Waals surface area (Å²) in [6.45, 7) is 4.73. The van der Waals surface area contributed by atoms with Crippen LogP contribution >= 0.6 is 11.6 Å². The van der Waals surface area contributed by atoms with Crippen LogP contribution < -0.4 is 0 Å². The summed E-state index contributed by atoms with van der Waals surface area (Å²) in [4.78, 5) is 5.75. The van der Waals surface area contributed by atoms with E-state index in [0.717, 1.165) is 55.9 Å². The van der Waals surface area contributed by atoms with Gasteiger partial charge in [0, 0.05) is 41.8 Å². The highest BCUT2D eigenvalue weighted by atomic mass is 35.5. The van der Waals surface area contributed by atoms with Gasteiger partial charge in [0.15, 0.2) is 0 Å². The molecule has 2 nitrogen and oxygen atoms in total. The molecule has 0 saturated carbocycles. The molecule has 0 bridgehead atoms. The molecule has 0 spiro atoms. The van der Waals surface area contributed by atoms with Crippen molar-refractivity contribution in [3.05, 3.63) is 111 Å². The molecule has 1 aliphatic heterocycles. The number of hydrogen-bond acceptors (Lipinski definition) is 1. The van der Waals surface area contributed by atoms with Crippen LogP contribution in [-0.2, 0) is 6.42 Å². The number of halogens is 2. The van der Waals surface area contributed by atoms with E-state index in [1.807, 2.05) is 12.3 Å². The Labute approximate surface area is 229 Å². The second-order valence-electron chi connectivity index (χ2n) is 10.6. The number of allylic oxidation sites excluding steroid dienone is 1. The largest absolute Gasteiger partial charge is 0.361 e. The zero-order valence-electron chi connectivity index (χ0n) is 22.0. The molecule has 1 saturated heterocycles. The summed E-state index contributed by atoms with van der Waals surface area (Å²) in [5.41, 5.74) is 13.0. The molecular weight excluding hydrogens is 491 g/mol. The summed E-state index contributed by atoms with van der Waals surface area (Å²) in [6, 6.07) is 22.1. The molecule has 4 heteroatoms. The van der Waals surface area contributed by atoms with Crippen LogP contribution in [0.1, 0.15) is 59.1 Å². The molecule has 0 radical (unpaired) electrons. The maximum Gasteiger partial charge on any atom is 0.0906 e. The molecule has 1 N–H and O–H groups in total. The van der Waals surface area contributed by atoms with Crippen LogP contribution in [0.3, 0.4) is 0 Å². The van der Waals surface area contributed by atoms with Gasteiger partial charge in [-0.3, -0.25) is 9.29 Å². The Morgan fingerprint density at radius 3 is 2.68 bits per heavy atom. The second-order valence-corrected chi connectivity index (χ2v) is 11.1. The van der Waals surface area contributed by atoms with Crippen molar-refractivity contribution in [3.63, 3.8) is 0 Å². The van der Waals surface area contributed by atoms with Gasteiger partial charge >= 0.3 is 0 Å².